The monoisotopic (exact) mass is 267 g/mol. The summed E-state index contributed by atoms with van der Waals surface area (Å²) in [6.07, 6.45) is 11.5. The van der Waals surface area contributed by atoms with Gasteiger partial charge in [-0.3, -0.25) is 4.90 Å². The lowest BCUT2D eigenvalue weighted by atomic mass is 9.79. The molecule has 0 bridgehead atoms. The zero-order chi connectivity index (χ0) is 13.8. The van der Waals surface area contributed by atoms with Crippen LogP contribution in [0.3, 0.4) is 0 Å². The Labute approximate surface area is 119 Å². The van der Waals surface area contributed by atoms with Gasteiger partial charge in [0.1, 0.15) is 0 Å². The van der Waals surface area contributed by atoms with Gasteiger partial charge in [0.25, 0.3) is 0 Å². The Morgan fingerprint density at radius 3 is 2.58 bits per heavy atom. The molecular formula is C17H33NO. The maximum atomic E-state index is 10.4. The van der Waals surface area contributed by atoms with Gasteiger partial charge < -0.3 is 5.11 Å². The average molecular weight is 267 g/mol. The Morgan fingerprint density at radius 2 is 1.89 bits per heavy atom. The van der Waals surface area contributed by atoms with Gasteiger partial charge in [-0.15, -0.1) is 0 Å². The number of rotatable bonds is 4. The van der Waals surface area contributed by atoms with Crippen LogP contribution in [0.2, 0.25) is 0 Å². The third-order valence-corrected chi connectivity index (χ3v) is 5.59. The minimum atomic E-state index is -0.0876. The van der Waals surface area contributed by atoms with Crippen molar-refractivity contribution < 1.29 is 5.11 Å². The maximum absolute atomic E-state index is 10.4. The largest absolute Gasteiger partial charge is 0.391 e. The van der Waals surface area contributed by atoms with Crippen molar-refractivity contribution in [3.63, 3.8) is 0 Å². The molecular weight excluding hydrogens is 234 g/mol. The van der Waals surface area contributed by atoms with Crippen LogP contribution in [0, 0.1) is 11.8 Å². The zero-order valence-electron chi connectivity index (χ0n) is 13.1. The minimum Gasteiger partial charge on any atom is -0.391 e. The summed E-state index contributed by atoms with van der Waals surface area (Å²) >= 11 is 0. The van der Waals surface area contributed by atoms with E-state index in [-0.39, 0.29) is 6.10 Å². The molecule has 19 heavy (non-hydrogen) atoms. The van der Waals surface area contributed by atoms with E-state index in [1.807, 2.05) is 0 Å². The highest BCUT2D eigenvalue weighted by Crippen LogP contribution is 2.34. The van der Waals surface area contributed by atoms with Crippen LogP contribution in [0.4, 0.5) is 0 Å². The summed E-state index contributed by atoms with van der Waals surface area (Å²) < 4.78 is 0. The van der Waals surface area contributed by atoms with Gasteiger partial charge in [-0.2, -0.15) is 0 Å². The van der Waals surface area contributed by atoms with Crippen molar-refractivity contribution in [2.24, 2.45) is 11.8 Å². The molecule has 5 atom stereocenters. The second-order valence-corrected chi connectivity index (χ2v) is 7.19. The van der Waals surface area contributed by atoms with Gasteiger partial charge in [-0.1, -0.05) is 39.5 Å². The molecule has 2 saturated carbocycles. The van der Waals surface area contributed by atoms with Crippen molar-refractivity contribution in [2.45, 2.75) is 89.8 Å². The molecule has 2 aliphatic rings. The molecule has 5 unspecified atom stereocenters. The fourth-order valence-electron chi connectivity index (χ4n) is 4.37. The summed E-state index contributed by atoms with van der Waals surface area (Å²) in [7, 11) is 2.27. The molecule has 2 fully saturated rings. The second-order valence-electron chi connectivity index (χ2n) is 7.19. The summed E-state index contributed by atoms with van der Waals surface area (Å²) in [5, 5.41) is 10.4. The van der Waals surface area contributed by atoms with Gasteiger partial charge >= 0.3 is 0 Å². The molecule has 112 valence electrons. The molecule has 0 saturated heterocycles. The van der Waals surface area contributed by atoms with E-state index < -0.39 is 0 Å². The highest BCUT2D eigenvalue weighted by molar-refractivity contribution is 4.89. The first kappa shape index (κ1) is 15.3. The molecule has 0 aromatic heterocycles. The van der Waals surface area contributed by atoms with E-state index in [1.165, 1.54) is 51.4 Å². The lowest BCUT2D eigenvalue weighted by Crippen LogP contribution is -2.50. The summed E-state index contributed by atoms with van der Waals surface area (Å²) in [5.41, 5.74) is 0. The number of aliphatic hydroxyl groups excluding tert-OH is 1. The number of nitrogens with zero attached hydrogens (tertiary/aromatic N) is 1. The Morgan fingerprint density at radius 1 is 1.11 bits per heavy atom. The van der Waals surface area contributed by atoms with Gasteiger partial charge in [0, 0.05) is 12.1 Å². The number of aliphatic hydroxyl groups is 1. The first-order valence-corrected chi connectivity index (χ1v) is 8.51. The molecule has 0 heterocycles. The molecule has 2 nitrogen and oxygen atoms in total. The molecule has 0 spiro atoms. The number of hydrogen-bond acceptors (Lipinski definition) is 2. The van der Waals surface area contributed by atoms with Crippen molar-refractivity contribution in [1.29, 1.82) is 0 Å². The van der Waals surface area contributed by atoms with Gasteiger partial charge in [0.2, 0.25) is 0 Å². The zero-order valence-corrected chi connectivity index (χ0v) is 13.1. The predicted octanol–water partition coefficient (Wildman–Crippen LogP) is 3.83. The Balaban J connectivity index is 1.93. The number of likely N-dealkylation sites (N-methyl/N-ethyl adjacent to an activating group) is 1. The lowest BCUT2D eigenvalue weighted by Gasteiger charge is -2.44. The average Bonchev–Trinajstić information content (AvgIpc) is 2.40. The summed E-state index contributed by atoms with van der Waals surface area (Å²) in [4.78, 5) is 2.54. The van der Waals surface area contributed by atoms with E-state index in [2.05, 4.69) is 25.8 Å². The third kappa shape index (κ3) is 3.95. The standard InChI is InChI=1S/C17H33NO/c1-4-6-14-9-10-17(19)16(12-14)18(3)15-8-5-7-13(2)11-15/h13-17,19H,4-12H2,1-3H3. The fraction of sp³-hybridized carbons (Fsp3) is 1.00. The topological polar surface area (TPSA) is 23.5 Å². The van der Waals surface area contributed by atoms with Gasteiger partial charge in [0.15, 0.2) is 0 Å². The summed E-state index contributed by atoms with van der Waals surface area (Å²) in [6, 6.07) is 1.13. The molecule has 2 aliphatic carbocycles. The first-order valence-electron chi connectivity index (χ1n) is 8.51. The number of hydrogen-bond donors (Lipinski definition) is 1. The molecule has 1 N–H and O–H groups in total. The first-order chi connectivity index (χ1) is 9.11. The van der Waals surface area contributed by atoms with Crippen LogP contribution in [-0.4, -0.2) is 35.2 Å². The van der Waals surface area contributed by atoms with Crippen LogP contribution in [0.25, 0.3) is 0 Å². The van der Waals surface area contributed by atoms with Crippen molar-refractivity contribution in [3.05, 3.63) is 0 Å². The van der Waals surface area contributed by atoms with Crippen molar-refractivity contribution in [1.82, 2.24) is 4.90 Å². The third-order valence-electron chi connectivity index (χ3n) is 5.59. The maximum Gasteiger partial charge on any atom is 0.0695 e. The van der Waals surface area contributed by atoms with Crippen LogP contribution in [0.1, 0.15) is 71.6 Å². The molecule has 2 rings (SSSR count). The van der Waals surface area contributed by atoms with Crippen molar-refractivity contribution >= 4 is 0 Å². The van der Waals surface area contributed by atoms with Gasteiger partial charge in [-0.05, 0) is 51.0 Å². The van der Waals surface area contributed by atoms with Gasteiger partial charge in [0.05, 0.1) is 6.10 Å². The highest BCUT2D eigenvalue weighted by Gasteiger charge is 2.35. The predicted molar refractivity (Wildman–Crippen MR) is 81.2 cm³/mol. The van der Waals surface area contributed by atoms with Gasteiger partial charge in [-0.25, -0.2) is 0 Å². The van der Waals surface area contributed by atoms with E-state index in [9.17, 15) is 5.11 Å². The van der Waals surface area contributed by atoms with Crippen LogP contribution >= 0.6 is 0 Å². The Kier molecular flexibility index (Phi) is 5.70. The van der Waals surface area contributed by atoms with Crippen LogP contribution < -0.4 is 0 Å². The molecule has 0 aromatic carbocycles. The van der Waals surface area contributed by atoms with E-state index >= 15 is 0 Å². The van der Waals surface area contributed by atoms with E-state index in [0.29, 0.717) is 12.1 Å². The van der Waals surface area contributed by atoms with E-state index in [4.69, 9.17) is 0 Å². The summed E-state index contributed by atoms with van der Waals surface area (Å²) in [6.45, 7) is 4.67. The second kappa shape index (κ2) is 7.08. The van der Waals surface area contributed by atoms with Crippen molar-refractivity contribution in [2.75, 3.05) is 7.05 Å². The Hall–Kier alpha value is -0.0800. The quantitative estimate of drug-likeness (QED) is 0.837. The molecule has 0 amide bonds. The smallest absolute Gasteiger partial charge is 0.0695 e. The molecule has 2 heteroatoms. The lowest BCUT2D eigenvalue weighted by molar-refractivity contribution is -0.0149. The molecule has 0 radical (unpaired) electrons. The van der Waals surface area contributed by atoms with E-state index in [0.717, 1.165) is 18.3 Å². The Bertz CT molecular complexity index is 268. The van der Waals surface area contributed by atoms with Crippen LogP contribution in [0.15, 0.2) is 0 Å². The van der Waals surface area contributed by atoms with Crippen LogP contribution in [-0.2, 0) is 0 Å². The minimum absolute atomic E-state index is 0.0876. The highest BCUT2D eigenvalue weighted by atomic mass is 16.3. The van der Waals surface area contributed by atoms with E-state index in [1.54, 1.807) is 0 Å². The summed E-state index contributed by atoms with van der Waals surface area (Å²) in [5.74, 6) is 1.72. The SMILES string of the molecule is CCCC1CCC(O)C(N(C)C2CCCC(C)C2)C1. The molecule has 0 aliphatic heterocycles. The fourth-order valence-corrected chi connectivity index (χ4v) is 4.37. The normalized spacial score (nSPS) is 40.6. The van der Waals surface area contributed by atoms with Crippen LogP contribution in [0.5, 0.6) is 0 Å². The molecule has 0 aromatic rings. The van der Waals surface area contributed by atoms with Crippen molar-refractivity contribution in [3.8, 4) is 0 Å².